The van der Waals surface area contributed by atoms with Gasteiger partial charge >= 0.3 is 0 Å². The van der Waals surface area contributed by atoms with Crippen molar-refractivity contribution in [1.82, 2.24) is 0 Å². The van der Waals surface area contributed by atoms with Gasteiger partial charge in [-0.1, -0.05) is 15.9 Å². The smallest absolute Gasteiger partial charge is 0.0528 e. The van der Waals surface area contributed by atoms with Crippen LogP contribution in [0.1, 0.15) is 19.3 Å². The van der Waals surface area contributed by atoms with Crippen molar-refractivity contribution in [3.63, 3.8) is 0 Å². The van der Waals surface area contributed by atoms with Crippen molar-refractivity contribution in [1.29, 1.82) is 0 Å². The second kappa shape index (κ2) is 9.40. The average Bonchev–Trinajstić information content (AvgIpc) is 2.08. The zero-order valence-corrected chi connectivity index (χ0v) is 7.77. The van der Waals surface area contributed by atoms with Crippen LogP contribution >= 0.6 is 15.9 Å². The number of aliphatic hydroxyl groups excluding tert-OH is 1. The lowest BCUT2D eigenvalue weighted by atomic mass is 10.2. The van der Waals surface area contributed by atoms with Crippen molar-refractivity contribution >= 4 is 15.9 Å². The molecule has 0 aromatic carbocycles. The first-order valence-electron chi connectivity index (χ1n) is 3.66. The molecule has 2 nitrogen and oxygen atoms in total. The van der Waals surface area contributed by atoms with Gasteiger partial charge in [-0.3, -0.25) is 0 Å². The van der Waals surface area contributed by atoms with Gasteiger partial charge in [-0.15, -0.1) is 0 Å². The number of ether oxygens (including phenoxy) is 1. The lowest BCUT2D eigenvalue weighted by molar-refractivity contribution is 0.0968. The van der Waals surface area contributed by atoms with Crippen LogP contribution < -0.4 is 0 Å². The molecule has 0 bridgehead atoms. The molecule has 0 aliphatic carbocycles. The number of hydrogen-bond acceptors (Lipinski definition) is 2. The van der Waals surface area contributed by atoms with E-state index in [0.717, 1.165) is 13.2 Å². The van der Waals surface area contributed by atoms with Gasteiger partial charge in [0.25, 0.3) is 0 Å². The Labute approximate surface area is 70.7 Å². The molecule has 1 fully saturated rings. The molecule has 1 rings (SSSR count). The molecular formula is C7H15BrO2. The molecule has 3 heteroatoms. The molecule has 1 saturated heterocycles. The number of hydrogen-bond donors (Lipinski definition) is 1. The molecule has 10 heavy (non-hydrogen) atoms. The maximum absolute atomic E-state index is 7.83. The molecule has 1 N–H and O–H groups in total. The predicted octanol–water partition coefficient (Wildman–Crippen LogP) is 1.56. The average molecular weight is 211 g/mol. The monoisotopic (exact) mass is 210 g/mol. The first kappa shape index (κ1) is 10.4. The van der Waals surface area contributed by atoms with E-state index in [2.05, 4.69) is 15.9 Å². The van der Waals surface area contributed by atoms with Crippen molar-refractivity contribution in [2.24, 2.45) is 0 Å². The van der Waals surface area contributed by atoms with Crippen LogP contribution in [0.25, 0.3) is 0 Å². The van der Waals surface area contributed by atoms with E-state index in [1.54, 1.807) is 0 Å². The van der Waals surface area contributed by atoms with Crippen LogP contribution in [0.3, 0.4) is 0 Å². The van der Waals surface area contributed by atoms with Gasteiger partial charge in [-0.25, -0.2) is 0 Å². The van der Waals surface area contributed by atoms with E-state index in [-0.39, 0.29) is 6.61 Å². The molecule has 0 unspecified atom stereocenters. The van der Waals surface area contributed by atoms with Gasteiger partial charge < -0.3 is 9.84 Å². The fraction of sp³-hybridized carbons (Fsp3) is 1.00. The molecule has 1 aliphatic rings. The van der Waals surface area contributed by atoms with Crippen LogP contribution in [0.2, 0.25) is 0 Å². The second-order valence-electron chi connectivity index (χ2n) is 2.09. The minimum absolute atomic E-state index is 0.236. The van der Waals surface area contributed by atoms with Crippen molar-refractivity contribution in [3.8, 4) is 0 Å². The molecule has 0 saturated carbocycles. The molecule has 0 spiro atoms. The molecule has 1 heterocycles. The molecule has 1 aliphatic heterocycles. The van der Waals surface area contributed by atoms with Crippen LogP contribution in [0, 0.1) is 0 Å². The van der Waals surface area contributed by atoms with Gasteiger partial charge in [0.2, 0.25) is 0 Å². The quantitative estimate of drug-likeness (QED) is 0.667. The van der Waals surface area contributed by atoms with Crippen LogP contribution in [-0.4, -0.2) is 30.3 Å². The number of alkyl halides is 1. The Bertz CT molecular complexity index is 42.1. The van der Waals surface area contributed by atoms with Gasteiger partial charge in [-0.2, -0.15) is 0 Å². The minimum Gasteiger partial charge on any atom is -0.396 e. The van der Waals surface area contributed by atoms with Crippen LogP contribution in [0.4, 0.5) is 0 Å². The SMILES string of the molecule is C1CCOCC1.OCCBr. The van der Waals surface area contributed by atoms with Crippen LogP contribution in [0.15, 0.2) is 0 Å². The van der Waals surface area contributed by atoms with E-state index in [0.29, 0.717) is 5.33 Å². The summed E-state index contributed by atoms with van der Waals surface area (Å²) in [6.45, 7) is 2.24. The van der Waals surface area contributed by atoms with Gasteiger partial charge in [0.05, 0.1) is 6.61 Å². The third kappa shape index (κ3) is 8.40. The highest BCUT2D eigenvalue weighted by atomic mass is 79.9. The van der Waals surface area contributed by atoms with E-state index in [1.165, 1.54) is 19.3 Å². The summed E-state index contributed by atoms with van der Waals surface area (Å²) >= 11 is 3.00. The number of halogens is 1. The Morgan fingerprint density at radius 3 is 1.80 bits per heavy atom. The molecule has 62 valence electrons. The Morgan fingerprint density at radius 1 is 1.20 bits per heavy atom. The third-order valence-electron chi connectivity index (χ3n) is 1.16. The third-order valence-corrected chi connectivity index (χ3v) is 1.52. The zero-order chi connectivity index (χ0) is 7.66. The Hall–Kier alpha value is 0.400. The highest BCUT2D eigenvalue weighted by molar-refractivity contribution is 9.09. The van der Waals surface area contributed by atoms with E-state index in [9.17, 15) is 0 Å². The van der Waals surface area contributed by atoms with Crippen LogP contribution in [0.5, 0.6) is 0 Å². The van der Waals surface area contributed by atoms with Gasteiger partial charge in [-0.05, 0) is 19.3 Å². The Kier molecular flexibility index (Phi) is 9.78. The van der Waals surface area contributed by atoms with Gasteiger partial charge in [0.1, 0.15) is 0 Å². The summed E-state index contributed by atoms with van der Waals surface area (Å²) in [6.07, 6.45) is 3.93. The highest BCUT2D eigenvalue weighted by Crippen LogP contribution is 2.02. The maximum atomic E-state index is 7.83. The van der Waals surface area contributed by atoms with Gasteiger partial charge in [0.15, 0.2) is 0 Å². The second-order valence-corrected chi connectivity index (χ2v) is 2.88. The molecule has 0 aromatic heterocycles. The van der Waals surface area contributed by atoms with Crippen molar-refractivity contribution < 1.29 is 9.84 Å². The zero-order valence-electron chi connectivity index (χ0n) is 6.18. The molecule has 0 radical (unpaired) electrons. The maximum Gasteiger partial charge on any atom is 0.0528 e. The summed E-state index contributed by atoms with van der Waals surface area (Å²) in [6, 6.07) is 0. The molecule has 0 aromatic rings. The lowest BCUT2D eigenvalue weighted by Crippen LogP contribution is -2.03. The summed E-state index contributed by atoms with van der Waals surface area (Å²) in [5, 5.41) is 8.52. The van der Waals surface area contributed by atoms with Crippen molar-refractivity contribution in [3.05, 3.63) is 0 Å². The topological polar surface area (TPSA) is 29.5 Å². The van der Waals surface area contributed by atoms with Crippen molar-refractivity contribution in [2.45, 2.75) is 19.3 Å². The van der Waals surface area contributed by atoms with E-state index in [4.69, 9.17) is 9.84 Å². The summed E-state index contributed by atoms with van der Waals surface area (Å²) in [4.78, 5) is 0. The van der Waals surface area contributed by atoms with E-state index in [1.807, 2.05) is 0 Å². The molecular weight excluding hydrogens is 196 g/mol. The predicted molar refractivity (Wildman–Crippen MR) is 45.5 cm³/mol. The summed E-state index contributed by atoms with van der Waals surface area (Å²) in [7, 11) is 0. The van der Waals surface area contributed by atoms with Crippen molar-refractivity contribution in [2.75, 3.05) is 25.2 Å². The minimum atomic E-state index is 0.236. The standard InChI is InChI=1S/C5H10O.C2H5BrO/c1-2-4-6-5-3-1;3-1-2-4/h1-5H2;4H,1-2H2. The molecule has 0 amide bonds. The fourth-order valence-corrected chi connectivity index (χ4v) is 0.687. The van der Waals surface area contributed by atoms with E-state index < -0.39 is 0 Å². The number of rotatable bonds is 1. The first-order chi connectivity index (χ1) is 4.91. The van der Waals surface area contributed by atoms with Crippen LogP contribution in [-0.2, 0) is 4.74 Å². The fourth-order valence-electron chi connectivity index (χ4n) is 0.687. The Balaban J connectivity index is 0.000000180. The van der Waals surface area contributed by atoms with Gasteiger partial charge in [0, 0.05) is 18.5 Å². The summed E-state index contributed by atoms with van der Waals surface area (Å²) < 4.78 is 5.07. The summed E-state index contributed by atoms with van der Waals surface area (Å²) in [5.74, 6) is 0. The largest absolute Gasteiger partial charge is 0.396 e. The first-order valence-corrected chi connectivity index (χ1v) is 4.78. The van der Waals surface area contributed by atoms with E-state index >= 15 is 0 Å². The Morgan fingerprint density at radius 2 is 1.70 bits per heavy atom. The summed E-state index contributed by atoms with van der Waals surface area (Å²) in [5.41, 5.74) is 0. The normalized spacial score (nSPS) is 17.4. The molecule has 0 atom stereocenters. The lowest BCUT2D eigenvalue weighted by Gasteiger charge is -2.08. The number of aliphatic hydroxyl groups is 1. The highest BCUT2D eigenvalue weighted by Gasteiger charge is 1.94.